The van der Waals surface area contributed by atoms with Crippen molar-refractivity contribution >= 4 is 17.6 Å². The van der Waals surface area contributed by atoms with Crippen molar-refractivity contribution in [2.24, 2.45) is 0 Å². The van der Waals surface area contributed by atoms with Crippen molar-refractivity contribution in [2.45, 2.75) is 19.5 Å². The summed E-state index contributed by atoms with van der Waals surface area (Å²) in [6.07, 6.45) is 0. The molecule has 0 aliphatic heterocycles. The molecule has 0 spiro atoms. The average Bonchev–Trinajstić information content (AvgIpc) is 2.29. The summed E-state index contributed by atoms with van der Waals surface area (Å²) >= 11 is 5.84. The molecule has 1 atom stereocenters. The second kappa shape index (κ2) is 5.75. The molecule has 3 N–H and O–H groups in total. The van der Waals surface area contributed by atoms with Crippen LogP contribution in [0.3, 0.4) is 0 Å². The molecular weight excluding hydrogens is 246 g/mol. The number of methoxy groups -OCH3 is 1. The molecule has 6 heteroatoms. The molecule has 0 radical (unpaired) electrons. The van der Waals surface area contributed by atoms with Crippen molar-refractivity contribution in [1.82, 2.24) is 5.32 Å². The Hall–Kier alpha value is -1.46. The number of rotatable bonds is 5. The van der Waals surface area contributed by atoms with Gasteiger partial charge in [-0.05, 0) is 13.0 Å². The van der Waals surface area contributed by atoms with Crippen molar-refractivity contribution in [3.05, 3.63) is 22.7 Å². The molecule has 5 nitrogen and oxygen atoms in total. The van der Waals surface area contributed by atoms with Gasteiger partial charge in [-0.3, -0.25) is 4.79 Å². The van der Waals surface area contributed by atoms with Crippen molar-refractivity contribution < 1.29 is 19.7 Å². The van der Waals surface area contributed by atoms with Crippen LogP contribution in [0.2, 0.25) is 5.02 Å². The van der Waals surface area contributed by atoms with E-state index in [0.717, 1.165) is 0 Å². The molecule has 1 unspecified atom stereocenters. The number of hydrogen-bond acceptors (Lipinski definition) is 4. The standard InChI is InChI=1S/C11H14ClNO4/c1-6(11(15)16)13-5-7-3-8(12)4-9(17-2)10(7)14/h3-4,6,13-14H,5H2,1-2H3,(H,15,16). The van der Waals surface area contributed by atoms with E-state index in [1.807, 2.05) is 0 Å². The minimum atomic E-state index is -0.960. The summed E-state index contributed by atoms with van der Waals surface area (Å²) in [7, 11) is 1.42. The van der Waals surface area contributed by atoms with Crippen molar-refractivity contribution in [3.63, 3.8) is 0 Å². The molecule has 0 aliphatic rings. The van der Waals surface area contributed by atoms with Crippen LogP contribution in [-0.2, 0) is 11.3 Å². The van der Waals surface area contributed by atoms with Crippen molar-refractivity contribution in [3.8, 4) is 11.5 Å². The Balaban J connectivity index is 2.84. The topological polar surface area (TPSA) is 78.8 Å². The van der Waals surface area contributed by atoms with Gasteiger partial charge in [0, 0.05) is 23.2 Å². The molecule has 0 aromatic heterocycles. The van der Waals surface area contributed by atoms with E-state index in [2.05, 4.69) is 5.32 Å². The first-order chi connectivity index (χ1) is 7.95. The van der Waals surface area contributed by atoms with Crippen LogP contribution in [0.4, 0.5) is 0 Å². The lowest BCUT2D eigenvalue weighted by atomic mass is 10.1. The zero-order chi connectivity index (χ0) is 13.0. The highest BCUT2D eigenvalue weighted by molar-refractivity contribution is 6.30. The van der Waals surface area contributed by atoms with E-state index in [1.54, 1.807) is 6.07 Å². The molecule has 0 fully saturated rings. The second-order valence-electron chi connectivity index (χ2n) is 3.56. The maximum Gasteiger partial charge on any atom is 0.320 e. The summed E-state index contributed by atoms with van der Waals surface area (Å²) in [6.45, 7) is 1.71. The lowest BCUT2D eigenvalue weighted by Gasteiger charge is -2.12. The molecule has 17 heavy (non-hydrogen) atoms. The smallest absolute Gasteiger partial charge is 0.320 e. The summed E-state index contributed by atoms with van der Waals surface area (Å²) in [5.41, 5.74) is 0.488. The Morgan fingerprint density at radius 3 is 2.76 bits per heavy atom. The van der Waals surface area contributed by atoms with Crippen LogP contribution in [0, 0.1) is 0 Å². The van der Waals surface area contributed by atoms with Gasteiger partial charge in [0.1, 0.15) is 6.04 Å². The van der Waals surface area contributed by atoms with Gasteiger partial charge in [-0.25, -0.2) is 0 Å². The first-order valence-corrected chi connectivity index (χ1v) is 5.35. The Morgan fingerprint density at radius 1 is 1.59 bits per heavy atom. The van der Waals surface area contributed by atoms with Gasteiger partial charge in [-0.2, -0.15) is 0 Å². The second-order valence-corrected chi connectivity index (χ2v) is 3.99. The SMILES string of the molecule is COc1cc(Cl)cc(CNC(C)C(=O)O)c1O. The highest BCUT2D eigenvalue weighted by Gasteiger charge is 2.13. The summed E-state index contributed by atoms with van der Waals surface area (Å²) in [5, 5.41) is 21.7. The quantitative estimate of drug-likeness (QED) is 0.749. The first-order valence-electron chi connectivity index (χ1n) is 4.97. The molecule has 0 saturated carbocycles. The number of aromatic hydroxyl groups is 1. The van der Waals surface area contributed by atoms with Crippen LogP contribution < -0.4 is 10.1 Å². The number of carboxylic acids is 1. The van der Waals surface area contributed by atoms with E-state index in [-0.39, 0.29) is 18.0 Å². The Morgan fingerprint density at radius 2 is 2.24 bits per heavy atom. The average molecular weight is 260 g/mol. The molecule has 0 saturated heterocycles. The van der Waals surface area contributed by atoms with Crippen LogP contribution in [-0.4, -0.2) is 29.3 Å². The lowest BCUT2D eigenvalue weighted by molar-refractivity contribution is -0.139. The molecular formula is C11H14ClNO4. The van der Waals surface area contributed by atoms with Gasteiger partial charge < -0.3 is 20.3 Å². The fraction of sp³-hybridized carbons (Fsp3) is 0.364. The summed E-state index contributed by atoms with van der Waals surface area (Å²) < 4.78 is 4.94. The van der Waals surface area contributed by atoms with Gasteiger partial charge in [-0.15, -0.1) is 0 Å². The molecule has 0 bridgehead atoms. The molecule has 0 heterocycles. The molecule has 1 aromatic rings. The number of carboxylic acid groups (broad SMARTS) is 1. The number of phenols is 1. The Bertz CT molecular complexity index is 422. The predicted molar refractivity (Wildman–Crippen MR) is 63.6 cm³/mol. The highest BCUT2D eigenvalue weighted by atomic mass is 35.5. The third kappa shape index (κ3) is 3.51. The van der Waals surface area contributed by atoms with Crippen LogP contribution in [0.5, 0.6) is 11.5 Å². The van der Waals surface area contributed by atoms with Crippen LogP contribution in [0.15, 0.2) is 12.1 Å². The summed E-state index contributed by atoms with van der Waals surface area (Å²) in [4.78, 5) is 10.6. The van der Waals surface area contributed by atoms with E-state index in [1.165, 1.54) is 20.1 Å². The maximum atomic E-state index is 10.6. The number of benzene rings is 1. The van der Waals surface area contributed by atoms with Crippen LogP contribution in [0.1, 0.15) is 12.5 Å². The number of hydrogen-bond donors (Lipinski definition) is 3. The zero-order valence-electron chi connectivity index (χ0n) is 9.53. The molecule has 1 aromatic carbocycles. The minimum absolute atomic E-state index is 0.0398. The third-order valence-corrected chi connectivity index (χ3v) is 2.53. The number of nitrogens with one attached hydrogen (secondary N) is 1. The number of phenolic OH excluding ortho intramolecular Hbond substituents is 1. The fourth-order valence-corrected chi connectivity index (χ4v) is 1.50. The van der Waals surface area contributed by atoms with E-state index in [9.17, 15) is 9.90 Å². The highest BCUT2D eigenvalue weighted by Crippen LogP contribution is 2.33. The first kappa shape index (κ1) is 13.6. The molecule has 94 valence electrons. The predicted octanol–water partition coefficient (Wildman–Crippen LogP) is 1.62. The van der Waals surface area contributed by atoms with Crippen molar-refractivity contribution in [1.29, 1.82) is 0 Å². The van der Waals surface area contributed by atoms with E-state index < -0.39 is 12.0 Å². The van der Waals surface area contributed by atoms with Gasteiger partial charge in [0.05, 0.1) is 7.11 Å². The number of halogens is 1. The van der Waals surface area contributed by atoms with Gasteiger partial charge >= 0.3 is 5.97 Å². The fourth-order valence-electron chi connectivity index (χ4n) is 1.27. The van der Waals surface area contributed by atoms with E-state index in [0.29, 0.717) is 10.6 Å². The Labute approximate surface area is 104 Å². The normalized spacial score (nSPS) is 12.2. The summed E-state index contributed by atoms with van der Waals surface area (Å²) in [5.74, 6) is -0.738. The lowest BCUT2D eigenvalue weighted by Crippen LogP contribution is -2.33. The number of ether oxygens (including phenoxy) is 1. The molecule has 0 amide bonds. The Kier molecular flexibility index (Phi) is 4.60. The van der Waals surface area contributed by atoms with E-state index >= 15 is 0 Å². The maximum absolute atomic E-state index is 10.6. The zero-order valence-corrected chi connectivity index (χ0v) is 10.3. The van der Waals surface area contributed by atoms with E-state index in [4.69, 9.17) is 21.4 Å². The van der Waals surface area contributed by atoms with Gasteiger partial charge in [-0.1, -0.05) is 11.6 Å². The van der Waals surface area contributed by atoms with Crippen molar-refractivity contribution in [2.75, 3.05) is 7.11 Å². The summed E-state index contributed by atoms with van der Waals surface area (Å²) in [6, 6.07) is 2.33. The molecule has 0 aliphatic carbocycles. The number of aliphatic carboxylic acids is 1. The largest absolute Gasteiger partial charge is 0.504 e. The van der Waals surface area contributed by atoms with Gasteiger partial charge in [0.2, 0.25) is 0 Å². The molecule has 1 rings (SSSR count). The third-order valence-electron chi connectivity index (χ3n) is 2.31. The minimum Gasteiger partial charge on any atom is -0.504 e. The van der Waals surface area contributed by atoms with Crippen LogP contribution in [0.25, 0.3) is 0 Å². The van der Waals surface area contributed by atoms with Gasteiger partial charge in [0.15, 0.2) is 11.5 Å². The van der Waals surface area contributed by atoms with Gasteiger partial charge in [0.25, 0.3) is 0 Å². The van der Waals surface area contributed by atoms with Crippen LogP contribution >= 0.6 is 11.6 Å². The number of carbonyl (C=O) groups is 1. The monoisotopic (exact) mass is 259 g/mol.